The Morgan fingerprint density at radius 3 is 2.96 bits per heavy atom. The molecule has 1 aliphatic carbocycles. The van der Waals surface area contributed by atoms with Crippen LogP contribution in [0.3, 0.4) is 0 Å². The van der Waals surface area contributed by atoms with Crippen LogP contribution in [0, 0.1) is 0 Å². The highest BCUT2D eigenvalue weighted by Crippen LogP contribution is 2.37. The molecule has 0 fully saturated rings. The number of ether oxygens (including phenoxy) is 1. The molecule has 2 aromatic carbocycles. The summed E-state index contributed by atoms with van der Waals surface area (Å²) in [6.07, 6.45) is 7.29. The second kappa shape index (κ2) is 8.35. The monoisotopic (exact) mass is 364 g/mol. The maximum Gasteiger partial charge on any atom is 0.122 e. The first-order valence-electron chi connectivity index (χ1n) is 10.4. The third kappa shape index (κ3) is 4.14. The Balaban J connectivity index is 1.37. The van der Waals surface area contributed by atoms with E-state index in [1.165, 1.54) is 53.6 Å². The van der Waals surface area contributed by atoms with E-state index in [1.54, 1.807) is 7.11 Å². The summed E-state index contributed by atoms with van der Waals surface area (Å²) in [5, 5.41) is 3.55. The van der Waals surface area contributed by atoms with Gasteiger partial charge in [0.05, 0.1) is 7.11 Å². The molecule has 1 unspecified atom stereocenters. The molecule has 0 saturated carbocycles. The van der Waals surface area contributed by atoms with Crippen molar-refractivity contribution in [3.05, 3.63) is 58.7 Å². The average molecular weight is 365 g/mol. The third-order valence-corrected chi connectivity index (χ3v) is 6.24. The van der Waals surface area contributed by atoms with Crippen molar-refractivity contribution in [1.29, 1.82) is 0 Å². The van der Waals surface area contributed by atoms with Gasteiger partial charge in [0.2, 0.25) is 0 Å². The van der Waals surface area contributed by atoms with Gasteiger partial charge < -0.3 is 15.0 Å². The molecule has 1 N–H and O–H groups in total. The van der Waals surface area contributed by atoms with Gasteiger partial charge in [-0.2, -0.15) is 0 Å². The summed E-state index contributed by atoms with van der Waals surface area (Å²) in [6, 6.07) is 13.6. The number of rotatable bonds is 6. The highest BCUT2D eigenvalue weighted by molar-refractivity contribution is 5.55. The molecule has 0 saturated heterocycles. The van der Waals surface area contributed by atoms with Crippen LogP contribution in [0.25, 0.3) is 0 Å². The van der Waals surface area contributed by atoms with Gasteiger partial charge in [0.25, 0.3) is 0 Å². The third-order valence-electron chi connectivity index (χ3n) is 6.24. The Morgan fingerprint density at radius 2 is 2.07 bits per heavy atom. The Morgan fingerprint density at radius 1 is 1.15 bits per heavy atom. The molecule has 1 aliphatic heterocycles. The summed E-state index contributed by atoms with van der Waals surface area (Å²) in [5.74, 6) is 1.69. The summed E-state index contributed by atoms with van der Waals surface area (Å²) in [4.78, 5) is 2.51. The van der Waals surface area contributed by atoms with E-state index in [0.29, 0.717) is 5.92 Å². The molecule has 2 aliphatic rings. The van der Waals surface area contributed by atoms with Gasteiger partial charge in [0.1, 0.15) is 5.75 Å². The van der Waals surface area contributed by atoms with Crippen molar-refractivity contribution in [3.63, 3.8) is 0 Å². The van der Waals surface area contributed by atoms with Gasteiger partial charge in [-0.1, -0.05) is 24.3 Å². The van der Waals surface area contributed by atoms with E-state index in [0.717, 1.165) is 38.2 Å². The topological polar surface area (TPSA) is 24.5 Å². The Hall–Kier alpha value is -2.00. The van der Waals surface area contributed by atoms with Crippen molar-refractivity contribution in [2.75, 3.05) is 39.1 Å². The molecule has 0 aromatic heterocycles. The summed E-state index contributed by atoms with van der Waals surface area (Å²) in [6.45, 7) is 3.35. The average Bonchev–Trinajstić information content (AvgIpc) is 2.72. The first-order chi connectivity index (χ1) is 13.2. The molecule has 27 heavy (non-hydrogen) atoms. The highest BCUT2D eigenvalue weighted by atomic mass is 16.5. The number of likely N-dealkylation sites (N-methyl/N-ethyl adjacent to an activating group) is 1. The fourth-order valence-corrected chi connectivity index (χ4v) is 4.75. The summed E-state index contributed by atoms with van der Waals surface area (Å²) < 4.78 is 5.60. The minimum atomic E-state index is 0.624. The van der Waals surface area contributed by atoms with Gasteiger partial charge in [-0.3, -0.25) is 0 Å². The molecule has 1 atom stereocenters. The van der Waals surface area contributed by atoms with Crippen molar-refractivity contribution < 1.29 is 4.74 Å². The molecule has 0 bridgehead atoms. The lowest BCUT2D eigenvalue weighted by Crippen LogP contribution is -2.28. The van der Waals surface area contributed by atoms with Crippen LogP contribution in [-0.2, 0) is 19.3 Å². The number of nitrogens with zero attached hydrogens (tertiary/aromatic N) is 1. The van der Waals surface area contributed by atoms with E-state index in [-0.39, 0.29) is 0 Å². The van der Waals surface area contributed by atoms with Gasteiger partial charge in [-0.25, -0.2) is 0 Å². The molecule has 0 spiro atoms. The Kier molecular flexibility index (Phi) is 5.68. The largest absolute Gasteiger partial charge is 0.496 e. The molecule has 3 nitrogen and oxygen atoms in total. The maximum absolute atomic E-state index is 5.60. The molecular formula is C24H32N2O. The van der Waals surface area contributed by atoms with Crippen molar-refractivity contribution in [1.82, 2.24) is 4.90 Å². The van der Waals surface area contributed by atoms with Crippen molar-refractivity contribution in [3.8, 4) is 5.75 Å². The van der Waals surface area contributed by atoms with Crippen LogP contribution in [0.5, 0.6) is 5.75 Å². The van der Waals surface area contributed by atoms with Crippen LogP contribution < -0.4 is 10.1 Å². The lowest BCUT2D eigenvalue weighted by atomic mass is 9.82. The van der Waals surface area contributed by atoms with Gasteiger partial charge in [0.15, 0.2) is 0 Å². The lowest BCUT2D eigenvalue weighted by molar-refractivity contribution is 0.299. The molecule has 0 radical (unpaired) electrons. The predicted molar refractivity (Wildman–Crippen MR) is 113 cm³/mol. The second-order valence-electron chi connectivity index (χ2n) is 8.15. The van der Waals surface area contributed by atoms with E-state index >= 15 is 0 Å². The molecule has 2 aromatic rings. The van der Waals surface area contributed by atoms with E-state index < -0.39 is 0 Å². The number of aryl methyl sites for hydroxylation is 1. The van der Waals surface area contributed by atoms with Crippen molar-refractivity contribution in [2.24, 2.45) is 0 Å². The molecule has 1 heterocycles. The zero-order valence-electron chi connectivity index (χ0n) is 16.8. The SMILES string of the molecule is COc1cccc2c1CCCC2CN(C)CCc1ccc2c(c1)NCCC2. The minimum absolute atomic E-state index is 0.624. The minimum Gasteiger partial charge on any atom is -0.496 e. The predicted octanol–water partition coefficient (Wildman–Crippen LogP) is 4.65. The van der Waals surface area contributed by atoms with Crippen LogP contribution in [0.15, 0.2) is 36.4 Å². The highest BCUT2D eigenvalue weighted by Gasteiger charge is 2.23. The van der Waals surface area contributed by atoms with Crippen LogP contribution in [0.2, 0.25) is 0 Å². The van der Waals surface area contributed by atoms with Gasteiger partial charge in [-0.05, 0) is 85.9 Å². The number of methoxy groups -OCH3 is 1. The maximum atomic E-state index is 5.60. The van der Waals surface area contributed by atoms with Crippen LogP contribution in [0.4, 0.5) is 5.69 Å². The summed E-state index contributed by atoms with van der Waals surface area (Å²) in [5.41, 5.74) is 7.22. The fraction of sp³-hybridized carbons (Fsp3) is 0.500. The number of hydrogen-bond acceptors (Lipinski definition) is 3. The first-order valence-corrected chi connectivity index (χ1v) is 10.4. The Bertz CT molecular complexity index is 786. The van der Waals surface area contributed by atoms with E-state index in [1.807, 2.05) is 0 Å². The number of hydrogen-bond donors (Lipinski definition) is 1. The number of nitrogens with one attached hydrogen (secondary N) is 1. The quantitative estimate of drug-likeness (QED) is 0.808. The lowest BCUT2D eigenvalue weighted by Gasteiger charge is -2.30. The van der Waals surface area contributed by atoms with E-state index in [9.17, 15) is 0 Å². The smallest absolute Gasteiger partial charge is 0.122 e. The summed E-state index contributed by atoms with van der Waals surface area (Å²) in [7, 11) is 4.06. The number of fused-ring (bicyclic) bond motifs is 2. The molecule has 3 heteroatoms. The Labute approximate surface area is 163 Å². The molecular weight excluding hydrogens is 332 g/mol. The zero-order chi connectivity index (χ0) is 18.6. The van der Waals surface area contributed by atoms with Gasteiger partial charge in [0, 0.05) is 25.3 Å². The van der Waals surface area contributed by atoms with E-state index in [4.69, 9.17) is 4.74 Å². The fourth-order valence-electron chi connectivity index (χ4n) is 4.75. The van der Waals surface area contributed by atoms with Crippen LogP contribution in [0.1, 0.15) is 47.4 Å². The van der Waals surface area contributed by atoms with Gasteiger partial charge in [-0.15, -0.1) is 0 Å². The second-order valence-corrected chi connectivity index (χ2v) is 8.15. The normalized spacial score (nSPS) is 18.6. The van der Waals surface area contributed by atoms with E-state index in [2.05, 4.69) is 53.7 Å². The van der Waals surface area contributed by atoms with Gasteiger partial charge >= 0.3 is 0 Å². The molecule has 144 valence electrons. The number of anilines is 1. The first kappa shape index (κ1) is 18.4. The standard InChI is InChI=1S/C24H32N2O/c1-26(15-13-18-11-12-19-7-5-14-25-23(19)16-18)17-20-6-3-9-22-21(20)8-4-10-24(22)27-2/h4,8,10-12,16,20,25H,3,5-7,9,13-15,17H2,1-2H3. The molecule has 0 amide bonds. The van der Waals surface area contributed by atoms with Crippen molar-refractivity contribution in [2.45, 2.75) is 44.4 Å². The van der Waals surface area contributed by atoms with Crippen LogP contribution in [-0.4, -0.2) is 38.7 Å². The van der Waals surface area contributed by atoms with Crippen LogP contribution >= 0.6 is 0 Å². The zero-order valence-corrected chi connectivity index (χ0v) is 16.8. The van der Waals surface area contributed by atoms with Crippen molar-refractivity contribution >= 4 is 5.69 Å². The number of benzene rings is 2. The summed E-state index contributed by atoms with van der Waals surface area (Å²) >= 11 is 0. The molecule has 4 rings (SSSR count).